The first kappa shape index (κ1) is 39.6. The highest BCUT2D eigenvalue weighted by Crippen LogP contribution is 2.14. The van der Waals surface area contributed by atoms with E-state index in [1.54, 1.807) is 0 Å². The topological polar surface area (TPSA) is 119 Å². The molecule has 0 fully saturated rings. The van der Waals surface area contributed by atoms with Crippen LogP contribution in [0.4, 0.5) is 0 Å². The molecule has 0 rings (SSSR count). The second-order valence-electron chi connectivity index (χ2n) is 11.2. The van der Waals surface area contributed by atoms with E-state index in [4.69, 9.17) is 10.5 Å². The molecule has 0 aliphatic heterocycles. The van der Waals surface area contributed by atoms with Crippen molar-refractivity contribution in [3.63, 3.8) is 0 Å². The van der Waals surface area contributed by atoms with Crippen LogP contribution in [0.2, 0.25) is 0 Å². The summed E-state index contributed by atoms with van der Waals surface area (Å²) >= 11 is 0. The van der Waals surface area contributed by atoms with Gasteiger partial charge in [0, 0.05) is 12.8 Å². The highest BCUT2D eigenvalue weighted by Gasteiger charge is 2.18. The van der Waals surface area contributed by atoms with Crippen LogP contribution in [0.15, 0.2) is 36.5 Å². The van der Waals surface area contributed by atoms with Crippen molar-refractivity contribution in [2.24, 2.45) is 5.73 Å². The average Bonchev–Trinajstić information content (AvgIpc) is 2.97. The largest absolute Gasteiger partial charge is 0.480 e. The molecule has 7 heteroatoms. The zero-order chi connectivity index (χ0) is 31.1. The summed E-state index contributed by atoms with van der Waals surface area (Å²) in [6, 6.07) is -0.873. The first-order valence-corrected chi connectivity index (χ1v) is 16.8. The van der Waals surface area contributed by atoms with Gasteiger partial charge in [0.25, 0.3) is 0 Å². The average molecular weight is 591 g/mol. The van der Waals surface area contributed by atoms with Crippen LogP contribution in [0.3, 0.4) is 0 Å². The first-order valence-electron chi connectivity index (χ1n) is 16.8. The summed E-state index contributed by atoms with van der Waals surface area (Å²) in [5, 5.41) is 11.8. The number of carboxylic acid groups (broad SMARTS) is 1. The molecule has 0 aliphatic rings. The molecular weight excluding hydrogens is 528 g/mol. The maximum absolute atomic E-state index is 12.5. The van der Waals surface area contributed by atoms with Crippen molar-refractivity contribution in [2.75, 3.05) is 6.54 Å². The van der Waals surface area contributed by atoms with Crippen molar-refractivity contribution >= 4 is 17.8 Å². The zero-order valence-electron chi connectivity index (χ0n) is 26.8. The van der Waals surface area contributed by atoms with Crippen LogP contribution in [-0.2, 0) is 19.1 Å². The summed E-state index contributed by atoms with van der Waals surface area (Å²) in [6.45, 7) is 4.78. The fraction of sp³-hybridized carbons (Fsp3) is 0.743. The monoisotopic (exact) mass is 590 g/mol. The van der Waals surface area contributed by atoms with E-state index in [2.05, 4.69) is 49.5 Å². The van der Waals surface area contributed by atoms with E-state index in [-0.39, 0.29) is 18.0 Å². The summed E-state index contributed by atoms with van der Waals surface area (Å²) in [5.41, 5.74) is 5.45. The van der Waals surface area contributed by atoms with Crippen LogP contribution in [-0.4, -0.2) is 41.6 Å². The molecular formula is C35H62N2O5. The second-order valence-corrected chi connectivity index (χ2v) is 11.2. The number of allylic oxidation sites excluding steroid dienone is 5. The maximum Gasteiger partial charge on any atom is 0.326 e. The van der Waals surface area contributed by atoms with Gasteiger partial charge in [-0.1, -0.05) is 95.6 Å². The fourth-order valence-corrected chi connectivity index (χ4v) is 4.56. The molecule has 0 aliphatic carbocycles. The van der Waals surface area contributed by atoms with Crippen LogP contribution in [0, 0.1) is 0 Å². The lowest BCUT2D eigenvalue weighted by atomic mass is 10.1. The maximum atomic E-state index is 12.5. The van der Waals surface area contributed by atoms with Crippen LogP contribution in [0.1, 0.15) is 149 Å². The molecule has 1 amide bonds. The third-order valence-corrected chi connectivity index (χ3v) is 7.14. The number of aliphatic carboxylic acids is 1. The summed E-state index contributed by atoms with van der Waals surface area (Å²) in [4.78, 5) is 36.0. The van der Waals surface area contributed by atoms with E-state index in [9.17, 15) is 19.5 Å². The molecule has 2 unspecified atom stereocenters. The first-order chi connectivity index (χ1) is 20.4. The Morgan fingerprint density at radius 2 is 1.36 bits per heavy atom. The lowest BCUT2D eigenvalue weighted by Crippen LogP contribution is -2.40. The van der Waals surface area contributed by atoms with Gasteiger partial charge in [-0.15, -0.1) is 0 Å². The predicted molar refractivity (Wildman–Crippen MR) is 174 cm³/mol. The fourth-order valence-electron chi connectivity index (χ4n) is 4.56. The van der Waals surface area contributed by atoms with Gasteiger partial charge in [0.1, 0.15) is 12.1 Å². The molecule has 0 radical (unpaired) electrons. The van der Waals surface area contributed by atoms with Gasteiger partial charge < -0.3 is 20.9 Å². The number of hydrogen-bond donors (Lipinski definition) is 3. The number of carbonyl (C=O) groups is 3. The number of nitrogens with two attached hydrogens (primary N) is 1. The normalized spacial score (nSPS) is 13.2. The van der Waals surface area contributed by atoms with E-state index < -0.39 is 12.0 Å². The van der Waals surface area contributed by atoms with Gasteiger partial charge in [-0.3, -0.25) is 9.59 Å². The van der Waals surface area contributed by atoms with Gasteiger partial charge in [-0.05, 0) is 83.2 Å². The molecule has 4 N–H and O–H groups in total. The molecule has 0 aromatic rings. The van der Waals surface area contributed by atoms with Crippen LogP contribution >= 0.6 is 0 Å². The minimum absolute atomic E-state index is 0.120. The third-order valence-electron chi connectivity index (χ3n) is 7.14. The van der Waals surface area contributed by atoms with Gasteiger partial charge in [0.2, 0.25) is 5.91 Å². The van der Waals surface area contributed by atoms with Crippen LogP contribution in [0.5, 0.6) is 0 Å². The van der Waals surface area contributed by atoms with Gasteiger partial charge in [-0.2, -0.15) is 0 Å². The van der Waals surface area contributed by atoms with Gasteiger partial charge >= 0.3 is 11.9 Å². The van der Waals surface area contributed by atoms with Gasteiger partial charge in [-0.25, -0.2) is 4.79 Å². The van der Waals surface area contributed by atoms with E-state index in [0.29, 0.717) is 38.6 Å². The minimum Gasteiger partial charge on any atom is -0.480 e. The predicted octanol–water partition coefficient (Wildman–Crippen LogP) is 8.33. The van der Waals surface area contributed by atoms with Crippen LogP contribution < -0.4 is 11.1 Å². The quantitative estimate of drug-likeness (QED) is 0.0458. The lowest BCUT2D eigenvalue weighted by Gasteiger charge is -2.15. The van der Waals surface area contributed by atoms with E-state index in [1.165, 1.54) is 38.5 Å². The molecule has 42 heavy (non-hydrogen) atoms. The number of nitrogens with one attached hydrogen (secondary N) is 1. The highest BCUT2D eigenvalue weighted by atomic mass is 16.5. The Labute approximate surface area is 256 Å². The highest BCUT2D eigenvalue weighted by molar-refractivity contribution is 5.83. The van der Waals surface area contributed by atoms with Gasteiger partial charge in [0.05, 0.1) is 0 Å². The minimum atomic E-state index is -1.02. The number of carbonyl (C=O) groups excluding carboxylic acids is 2. The van der Waals surface area contributed by atoms with Crippen molar-refractivity contribution in [2.45, 2.75) is 161 Å². The Hall–Kier alpha value is -2.41. The molecule has 0 aromatic carbocycles. The third kappa shape index (κ3) is 26.5. The Balaban J connectivity index is 4.40. The number of esters is 1. The number of unbranched alkanes of at least 4 members (excludes halogenated alkanes) is 11. The number of ether oxygens (including phenoxy) is 1. The summed E-state index contributed by atoms with van der Waals surface area (Å²) < 4.78 is 5.83. The van der Waals surface area contributed by atoms with Crippen molar-refractivity contribution in [3.8, 4) is 0 Å². The number of rotatable bonds is 29. The van der Waals surface area contributed by atoms with Gasteiger partial charge in [0.15, 0.2) is 0 Å². The second kappa shape index (κ2) is 30.1. The molecule has 0 spiro atoms. The Kier molecular flexibility index (Phi) is 28.3. The number of amides is 1. The Morgan fingerprint density at radius 1 is 0.714 bits per heavy atom. The smallest absolute Gasteiger partial charge is 0.326 e. The van der Waals surface area contributed by atoms with E-state index >= 15 is 0 Å². The van der Waals surface area contributed by atoms with Crippen molar-refractivity contribution in [3.05, 3.63) is 36.5 Å². The summed E-state index contributed by atoms with van der Waals surface area (Å²) in [5.74, 6) is -1.37. The Bertz CT molecular complexity index is 762. The SMILES string of the molecule is CCC/C=C\CCCCCCCC(=O)OC(/C=C\C/C=C\CCCC)CCCCCCC(=O)NC(CCCN)C(=O)O. The molecule has 0 bridgehead atoms. The molecule has 242 valence electrons. The molecule has 0 heterocycles. The summed E-state index contributed by atoms with van der Waals surface area (Å²) in [7, 11) is 0. The van der Waals surface area contributed by atoms with Crippen molar-refractivity contribution in [1.82, 2.24) is 5.32 Å². The number of carboxylic acids is 1. The molecule has 7 nitrogen and oxygen atoms in total. The van der Waals surface area contributed by atoms with Crippen molar-refractivity contribution in [1.29, 1.82) is 0 Å². The molecule has 0 saturated heterocycles. The standard InChI is InChI=1S/C35H62N2O5/c1-3-5-7-9-11-12-13-15-17-23-29-34(39)42-31(25-20-16-14-10-8-6-4-2)26-21-18-19-22-28-33(38)37-32(35(40)41)27-24-30-36/h7,9-10,14,20,25,31-32H,3-6,8,11-13,15-19,21-24,26-30,36H2,1-2H3,(H,37,38)(H,40,41)/b9-7-,14-10-,25-20-. The van der Waals surface area contributed by atoms with E-state index in [1.807, 2.05) is 6.08 Å². The molecule has 0 saturated carbocycles. The zero-order valence-corrected chi connectivity index (χ0v) is 26.8. The lowest BCUT2D eigenvalue weighted by molar-refractivity contribution is -0.147. The van der Waals surface area contributed by atoms with E-state index in [0.717, 1.165) is 64.2 Å². The number of hydrogen-bond acceptors (Lipinski definition) is 5. The van der Waals surface area contributed by atoms with Crippen molar-refractivity contribution < 1.29 is 24.2 Å². The summed E-state index contributed by atoms with van der Waals surface area (Å²) in [6.07, 6.45) is 32.0. The molecule has 2 atom stereocenters. The molecule has 0 aromatic heterocycles. The Morgan fingerprint density at radius 3 is 2.07 bits per heavy atom. The van der Waals surface area contributed by atoms with Crippen LogP contribution in [0.25, 0.3) is 0 Å².